The van der Waals surface area contributed by atoms with Crippen LogP contribution >= 0.6 is 0 Å². The van der Waals surface area contributed by atoms with Gasteiger partial charge in [-0.25, -0.2) is 4.39 Å². The van der Waals surface area contributed by atoms with Crippen LogP contribution in [0.4, 0.5) is 17.6 Å². The average molecular weight is 304 g/mol. The highest BCUT2D eigenvalue weighted by molar-refractivity contribution is 5.30. The molecule has 1 aliphatic rings. The highest BCUT2D eigenvalue weighted by atomic mass is 19.4. The summed E-state index contributed by atoms with van der Waals surface area (Å²) in [6.45, 7) is 2.86. The van der Waals surface area contributed by atoms with E-state index in [1.54, 1.807) is 0 Å². The molecule has 0 spiro atoms. The molecule has 2 rings (SSSR count). The van der Waals surface area contributed by atoms with Crippen LogP contribution in [0, 0.1) is 11.7 Å². The van der Waals surface area contributed by atoms with Gasteiger partial charge in [-0.3, -0.25) is 0 Å². The molecule has 1 aromatic carbocycles. The first-order chi connectivity index (χ1) is 9.86. The Bertz CT molecular complexity index is 465. The molecule has 1 fully saturated rings. The summed E-state index contributed by atoms with van der Waals surface area (Å²) in [6.07, 6.45) is -2.41. The zero-order valence-corrected chi connectivity index (χ0v) is 12.0. The second kappa shape index (κ2) is 6.75. The molecule has 0 atom stereocenters. The predicted octanol–water partition coefficient (Wildman–Crippen LogP) is 3.28. The van der Waals surface area contributed by atoms with Crippen LogP contribution in [-0.2, 0) is 12.7 Å². The fourth-order valence-corrected chi connectivity index (χ4v) is 2.64. The molecule has 1 saturated heterocycles. The summed E-state index contributed by atoms with van der Waals surface area (Å²) in [4.78, 5) is 2.25. The lowest BCUT2D eigenvalue weighted by atomic mass is 9.97. The number of nitrogens with zero attached hydrogens (tertiary/aromatic N) is 1. The molecule has 0 radical (unpaired) electrons. The Hall–Kier alpha value is -1.14. The first-order valence-corrected chi connectivity index (χ1v) is 7.11. The molecule has 0 amide bonds. The van der Waals surface area contributed by atoms with Gasteiger partial charge in [-0.05, 0) is 63.1 Å². The average Bonchev–Trinajstić information content (AvgIpc) is 2.41. The van der Waals surface area contributed by atoms with Gasteiger partial charge < -0.3 is 10.2 Å². The number of halogens is 4. The molecule has 1 N–H and O–H groups in total. The Morgan fingerprint density at radius 3 is 2.52 bits per heavy atom. The number of alkyl halides is 3. The van der Waals surface area contributed by atoms with Crippen LogP contribution in [-0.4, -0.2) is 31.6 Å². The summed E-state index contributed by atoms with van der Waals surface area (Å²) in [5.74, 6) is -0.364. The number of rotatable bonds is 4. The Labute approximate surface area is 122 Å². The van der Waals surface area contributed by atoms with E-state index >= 15 is 0 Å². The number of piperidine rings is 1. The van der Waals surface area contributed by atoms with Crippen LogP contribution in [0.1, 0.15) is 24.0 Å². The number of benzene rings is 1. The Morgan fingerprint density at radius 1 is 1.24 bits per heavy atom. The van der Waals surface area contributed by atoms with Crippen molar-refractivity contribution in [1.29, 1.82) is 0 Å². The summed E-state index contributed by atoms with van der Waals surface area (Å²) in [5, 5.41) is 3.08. The monoisotopic (exact) mass is 304 g/mol. The quantitative estimate of drug-likeness (QED) is 0.859. The molecule has 0 unspecified atom stereocenters. The highest BCUT2D eigenvalue weighted by Crippen LogP contribution is 2.32. The van der Waals surface area contributed by atoms with Crippen molar-refractivity contribution in [2.45, 2.75) is 25.6 Å². The summed E-state index contributed by atoms with van der Waals surface area (Å²) in [6, 6.07) is 2.84. The fraction of sp³-hybridized carbons (Fsp3) is 0.600. The van der Waals surface area contributed by atoms with Crippen LogP contribution in [0.15, 0.2) is 18.2 Å². The molecule has 1 heterocycles. The van der Waals surface area contributed by atoms with Crippen molar-refractivity contribution in [2.75, 3.05) is 26.7 Å². The molecule has 0 aliphatic carbocycles. The van der Waals surface area contributed by atoms with Gasteiger partial charge in [0.05, 0.1) is 5.56 Å². The zero-order chi connectivity index (χ0) is 15.5. The molecule has 0 aromatic heterocycles. The molecular weight excluding hydrogens is 284 g/mol. The van der Waals surface area contributed by atoms with Gasteiger partial charge >= 0.3 is 6.18 Å². The third-order valence-electron chi connectivity index (χ3n) is 3.96. The maximum absolute atomic E-state index is 13.0. The second-order valence-electron chi connectivity index (χ2n) is 5.68. The number of nitrogens with one attached hydrogen (secondary N) is 1. The molecule has 1 aromatic rings. The van der Waals surface area contributed by atoms with Crippen molar-refractivity contribution in [1.82, 2.24) is 10.2 Å². The van der Waals surface area contributed by atoms with E-state index in [0.717, 1.165) is 32.0 Å². The normalized spacial score (nSPS) is 18.1. The molecule has 1 aliphatic heterocycles. The van der Waals surface area contributed by atoms with Gasteiger partial charge in [-0.2, -0.15) is 13.2 Å². The van der Waals surface area contributed by atoms with Crippen molar-refractivity contribution >= 4 is 0 Å². The van der Waals surface area contributed by atoms with E-state index < -0.39 is 17.6 Å². The lowest BCUT2D eigenvalue weighted by Crippen LogP contribution is -2.35. The number of hydrogen-bond acceptors (Lipinski definition) is 2. The smallest absolute Gasteiger partial charge is 0.312 e. The van der Waals surface area contributed by atoms with E-state index in [9.17, 15) is 17.6 Å². The minimum absolute atomic E-state index is 0.0943. The third-order valence-corrected chi connectivity index (χ3v) is 3.96. The maximum Gasteiger partial charge on any atom is 0.416 e. The zero-order valence-electron chi connectivity index (χ0n) is 12.0. The van der Waals surface area contributed by atoms with Crippen LogP contribution in [0.3, 0.4) is 0 Å². The van der Waals surface area contributed by atoms with E-state index in [-0.39, 0.29) is 12.1 Å². The molecule has 21 heavy (non-hydrogen) atoms. The molecular formula is C15H20F4N2. The van der Waals surface area contributed by atoms with Crippen LogP contribution in [0.2, 0.25) is 0 Å². The Morgan fingerprint density at radius 2 is 1.90 bits per heavy atom. The van der Waals surface area contributed by atoms with Crippen molar-refractivity contribution in [3.05, 3.63) is 35.1 Å². The van der Waals surface area contributed by atoms with Crippen molar-refractivity contribution in [3.63, 3.8) is 0 Å². The van der Waals surface area contributed by atoms with Crippen molar-refractivity contribution in [3.8, 4) is 0 Å². The minimum Gasteiger partial charge on any atom is -0.312 e. The standard InChI is InChI=1S/C15H20F4N2/c1-21-6-4-11(5-7-21)9-20-10-12-2-3-13(16)8-14(12)15(17,18)19/h2-3,8,11,20H,4-7,9-10H2,1H3. The van der Waals surface area contributed by atoms with Gasteiger partial charge in [-0.1, -0.05) is 6.07 Å². The second-order valence-corrected chi connectivity index (χ2v) is 5.68. The minimum atomic E-state index is -4.52. The first-order valence-electron chi connectivity index (χ1n) is 7.11. The lowest BCUT2D eigenvalue weighted by Gasteiger charge is -2.29. The van der Waals surface area contributed by atoms with Gasteiger partial charge in [-0.15, -0.1) is 0 Å². The SMILES string of the molecule is CN1CCC(CNCc2ccc(F)cc2C(F)(F)F)CC1. The van der Waals surface area contributed by atoms with Gasteiger partial charge in [0.1, 0.15) is 5.82 Å². The van der Waals surface area contributed by atoms with E-state index in [1.165, 1.54) is 6.07 Å². The first kappa shape index (κ1) is 16.2. The predicted molar refractivity (Wildman–Crippen MR) is 73.3 cm³/mol. The van der Waals surface area contributed by atoms with E-state index in [4.69, 9.17) is 0 Å². The highest BCUT2D eigenvalue weighted by Gasteiger charge is 2.33. The van der Waals surface area contributed by atoms with Crippen LogP contribution in [0.5, 0.6) is 0 Å². The Kier molecular flexibility index (Phi) is 5.22. The van der Waals surface area contributed by atoms with Gasteiger partial charge in [0.25, 0.3) is 0 Å². The van der Waals surface area contributed by atoms with Crippen molar-refractivity contribution < 1.29 is 17.6 Å². The molecule has 2 nitrogen and oxygen atoms in total. The molecule has 118 valence electrons. The van der Waals surface area contributed by atoms with Crippen LogP contribution < -0.4 is 5.32 Å². The topological polar surface area (TPSA) is 15.3 Å². The lowest BCUT2D eigenvalue weighted by molar-refractivity contribution is -0.138. The third kappa shape index (κ3) is 4.68. The van der Waals surface area contributed by atoms with E-state index in [2.05, 4.69) is 17.3 Å². The summed E-state index contributed by atoms with van der Waals surface area (Å²) >= 11 is 0. The Balaban J connectivity index is 1.91. The summed E-state index contributed by atoms with van der Waals surface area (Å²) in [5.41, 5.74) is -0.796. The summed E-state index contributed by atoms with van der Waals surface area (Å²) in [7, 11) is 2.07. The largest absolute Gasteiger partial charge is 0.416 e. The maximum atomic E-state index is 13.0. The molecule has 0 saturated carbocycles. The number of hydrogen-bond donors (Lipinski definition) is 1. The van der Waals surface area contributed by atoms with Gasteiger partial charge in [0, 0.05) is 6.54 Å². The van der Waals surface area contributed by atoms with Gasteiger partial charge in [0.15, 0.2) is 0 Å². The van der Waals surface area contributed by atoms with Crippen LogP contribution in [0.25, 0.3) is 0 Å². The van der Waals surface area contributed by atoms with Gasteiger partial charge in [0.2, 0.25) is 0 Å². The summed E-state index contributed by atoms with van der Waals surface area (Å²) < 4.78 is 51.6. The van der Waals surface area contributed by atoms with E-state index in [0.29, 0.717) is 18.5 Å². The molecule has 6 heteroatoms. The number of likely N-dealkylation sites (tertiary alicyclic amines) is 1. The fourth-order valence-electron chi connectivity index (χ4n) is 2.64. The van der Waals surface area contributed by atoms with E-state index in [1.807, 2.05) is 0 Å². The van der Waals surface area contributed by atoms with Crippen molar-refractivity contribution in [2.24, 2.45) is 5.92 Å². The molecule has 0 bridgehead atoms.